The number of hydrogen-bond donors (Lipinski definition) is 2. The second kappa shape index (κ2) is 7.12. The first kappa shape index (κ1) is 17.9. The summed E-state index contributed by atoms with van der Waals surface area (Å²) in [6.45, 7) is 5.67. The Labute approximate surface area is 152 Å². The van der Waals surface area contributed by atoms with E-state index >= 15 is 0 Å². The molecule has 0 saturated heterocycles. The van der Waals surface area contributed by atoms with E-state index in [1.54, 1.807) is 25.1 Å². The van der Waals surface area contributed by atoms with Crippen molar-refractivity contribution >= 4 is 5.91 Å². The highest BCUT2D eigenvalue weighted by atomic mass is 19.1. The van der Waals surface area contributed by atoms with E-state index in [2.05, 4.69) is 15.5 Å². The summed E-state index contributed by atoms with van der Waals surface area (Å²) in [4.78, 5) is 12.6. The molecule has 0 spiro atoms. The van der Waals surface area contributed by atoms with Crippen molar-refractivity contribution in [3.63, 3.8) is 0 Å². The fourth-order valence-corrected chi connectivity index (χ4v) is 2.91. The van der Waals surface area contributed by atoms with Gasteiger partial charge in [-0.15, -0.1) is 0 Å². The van der Waals surface area contributed by atoms with Crippen LogP contribution in [0, 0.1) is 12.7 Å². The maximum Gasteiger partial charge on any atom is 0.269 e. The fraction of sp³-hybridized carbons (Fsp3) is 0.238. The number of H-pyrrole nitrogens is 1. The van der Waals surface area contributed by atoms with E-state index in [0.717, 1.165) is 17.5 Å². The van der Waals surface area contributed by atoms with Crippen LogP contribution in [0.25, 0.3) is 11.3 Å². The van der Waals surface area contributed by atoms with Crippen LogP contribution in [0.3, 0.4) is 0 Å². The zero-order chi connectivity index (χ0) is 18.7. The van der Waals surface area contributed by atoms with Crippen LogP contribution in [0.1, 0.15) is 35.5 Å². The Hall–Kier alpha value is -2.95. The fourth-order valence-electron chi connectivity index (χ4n) is 2.91. The molecule has 5 heteroatoms. The van der Waals surface area contributed by atoms with Crippen molar-refractivity contribution in [3.05, 3.63) is 77.2 Å². The van der Waals surface area contributed by atoms with Crippen molar-refractivity contribution in [2.24, 2.45) is 0 Å². The molecule has 0 unspecified atom stereocenters. The smallest absolute Gasteiger partial charge is 0.269 e. The Morgan fingerprint density at radius 1 is 1.15 bits per heavy atom. The lowest BCUT2D eigenvalue weighted by Gasteiger charge is -2.26. The molecule has 0 radical (unpaired) electrons. The summed E-state index contributed by atoms with van der Waals surface area (Å²) in [5, 5.41) is 9.99. The number of carbonyl (C=O) groups excluding carboxylic acids is 1. The minimum Gasteiger partial charge on any atom is -0.346 e. The lowest BCUT2D eigenvalue weighted by Crippen LogP contribution is -2.45. The Morgan fingerprint density at radius 3 is 2.58 bits per heavy atom. The average molecular weight is 351 g/mol. The van der Waals surface area contributed by atoms with Crippen LogP contribution in [-0.4, -0.2) is 21.6 Å². The molecule has 4 nitrogen and oxygen atoms in total. The van der Waals surface area contributed by atoms with E-state index in [1.807, 2.05) is 44.2 Å². The van der Waals surface area contributed by atoms with Gasteiger partial charge in [0.25, 0.3) is 5.91 Å². The third-order valence-corrected chi connectivity index (χ3v) is 4.22. The number of nitrogens with one attached hydrogen (secondary N) is 2. The topological polar surface area (TPSA) is 57.8 Å². The third-order valence-electron chi connectivity index (χ3n) is 4.22. The van der Waals surface area contributed by atoms with Gasteiger partial charge in [0.15, 0.2) is 0 Å². The van der Waals surface area contributed by atoms with Gasteiger partial charge in [-0.2, -0.15) is 5.10 Å². The molecule has 3 rings (SSSR count). The van der Waals surface area contributed by atoms with Gasteiger partial charge in [0.05, 0.1) is 5.69 Å². The standard InChI is InChI=1S/C21H22FN3O/c1-14-11-16(9-10-17(14)22)18-12-19(25-24-18)20(26)23-21(2,3)13-15-7-5-4-6-8-15/h4-12H,13H2,1-3H3,(H,23,26)(H,24,25). The molecular formula is C21H22FN3O. The number of aromatic nitrogens is 2. The molecule has 26 heavy (non-hydrogen) atoms. The van der Waals surface area contributed by atoms with E-state index in [9.17, 15) is 9.18 Å². The van der Waals surface area contributed by atoms with E-state index in [-0.39, 0.29) is 11.7 Å². The van der Waals surface area contributed by atoms with Crippen LogP contribution >= 0.6 is 0 Å². The highest BCUT2D eigenvalue weighted by Gasteiger charge is 2.23. The number of rotatable bonds is 5. The summed E-state index contributed by atoms with van der Waals surface area (Å²) >= 11 is 0. The molecule has 0 bridgehead atoms. The molecule has 0 aliphatic carbocycles. The molecule has 134 valence electrons. The first-order valence-electron chi connectivity index (χ1n) is 8.52. The van der Waals surface area contributed by atoms with Crippen molar-refractivity contribution in [3.8, 4) is 11.3 Å². The van der Waals surface area contributed by atoms with Gasteiger partial charge in [0.1, 0.15) is 11.5 Å². The number of halogens is 1. The number of carbonyl (C=O) groups is 1. The summed E-state index contributed by atoms with van der Waals surface area (Å²) < 4.78 is 13.4. The first-order valence-corrected chi connectivity index (χ1v) is 8.52. The maximum absolute atomic E-state index is 13.4. The molecule has 2 aromatic carbocycles. The summed E-state index contributed by atoms with van der Waals surface area (Å²) in [6, 6.07) is 16.5. The minimum atomic E-state index is -0.407. The molecule has 1 heterocycles. The summed E-state index contributed by atoms with van der Waals surface area (Å²) in [6.07, 6.45) is 0.720. The van der Waals surface area contributed by atoms with Crippen molar-refractivity contribution in [1.82, 2.24) is 15.5 Å². The second-order valence-electron chi connectivity index (χ2n) is 7.13. The lowest BCUT2D eigenvalue weighted by atomic mass is 9.95. The van der Waals surface area contributed by atoms with Crippen molar-refractivity contribution in [2.75, 3.05) is 0 Å². The Kier molecular flexibility index (Phi) is 4.89. The van der Waals surface area contributed by atoms with Gasteiger partial charge in [0, 0.05) is 11.1 Å². The number of aryl methyl sites for hydroxylation is 1. The maximum atomic E-state index is 13.4. The molecule has 0 aliphatic rings. The first-order chi connectivity index (χ1) is 12.3. The zero-order valence-electron chi connectivity index (χ0n) is 15.1. The van der Waals surface area contributed by atoms with Crippen molar-refractivity contribution in [1.29, 1.82) is 0 Å². The molecule has 0 aliphatic heterocycles. The Bertz CT molecular complexity index is 916. The van der Waals surface area contributed by atoms with Crippen LogP contribution in [0.4, 0.5) is 4.39 Å². The number of hydrogen-bond acceptors (Lipinski definition) is 2. The molecule has 1 amide bonds. The lowest BCUT2D eigenvalue weighted by molar-refractivity contribution is 0.0908. The third kappa shape index (κ3) is 4.17. The van der Waals surface area contributed by atoms with Crippen LogP contribution < -0.4 is 5.32 Å². The van der Waals surface area contributed by atoms with E-state index in [0.29, 0.717) is 17.0 Å². The molecule has 1 aromatic heterocycles. The Balaban J connectivity index is 1.72. The highest BCUT2D eigenvalue weighted by Crippen LogP contribution is 2.21. The predicted molar refractivity (Wildman–Crippen MR) is 100 cm³/mol. The molecule has 0 atom stereocenters. The van der Waals surface area contributed by atoms with Gasteiger partial charge in [-0.05, 0) is 62.6 Å². The highest BCUT2D eigenvalue weighted by molar-refractivity contribution is 5.93. The molecule has 3 aromatic rings. The van der Waals surface area contributed by atoms with Crippen LogP contribution in [-0.2, 0) is 6.42 Å². The van der Waals surface area contributed by atoms with Gasteiger partial charge < -0.3 is 5.32 Å². The van der Waals surface area contributed by atoms with Gasteiger partial charge in [-0.25, -0.2) is 4.39 Å². The SMILES string of the molecule is Cc1cc(-c2cc(C(=O)NC(C)(C)Cc3ccccc3)[nH]n2)ccc1F. The number of amides is 1. The van der Waals surface area contributed by atoms with Crippen LogP contribution in [0.15, 0.2) is 54.6 Å². The van der Waals surface area contributed by atoms with Crippen molar-refractivity contribution < 1.29 is 9.18 Å². The normalized spacial score (nSPS) is 11.4. The largest absolute Gasteiger partial charge is 0.346 e. The predicted octanol–water partition coefficient (Wildman–Crippen LogP) is 4.28. The van der Waals surface area contributed by atoms with Gasteiger partial charge in [0.2, 0.25) is 0 Å². The van der Waals surface area contributed by atoms with E-state index in [4.69, 9.17) is 0 Å². The Morgan fingerprint density at radius 2 is 1.88 bits per heavy atom. The molecule has 2 N–H and O–H groups in total. The molecule has 0 saturated carbocycles. The minimum absolute atomic E-state index is 0.219. The zero-order valence-corrected chi connectivity index (χ0v) is 15.1. The quantitative estimate of drug-likeness (QED) is 0.721. The number of benzene rings is 2. The second-order valence-corrected chi connectivity index (χ2v) is 7.13. The van der Waals surface area contributed by atoms with Crippen molar-refractivity contribution in [2.45, 2.75) is 32.7 Å². The summed E-state index contributed by atoms with van der Waals surface area (Å²) in [7, 11) is 0. The summed E-state index contributed by atoms with van der Waals surface area (Å²) in [5.41, 5.74) is 3.05. The monoisotopic (exact) mass is 351 g/mol. The van der Waals surface area contributed by atoms with Gasteiger partial charge in [-0.1, -0.05) is 30.3 Å². The van der Waals surface area contributed by atoms with Gasteiger partial charge >= 0.3 is 0 Å². The number of aromatic amines is 1. The molecule has 0 fully saturated rings. The van der Waals surface area contributed by atoms with E-state index in [1.165, 1.54) is 6.07 Å². The van der Waals surface area contributed by atoms with E-state index < -0.39 is 5.54 Å². The average Bonchev–Trinajstić information content (AvgIpc) is 3.07. The van der Waals surface area contributed by atoms with Crippen LogP contribution in [0.5, 0.6) is 0 Å². The van der Waals surface area contributed by atoms with Crippen LogP contribution in [0.2, 0.25) is 0 Å². The summed E-state index contributed by atoms with van der Waals surface area (Å²) in [5.74, 6) is -0.478. The number of nitrogens with zero attached hydrogens (tertiary/aromatic N) is 1. The molecular weight excluding hydrogens is 329 g/mol. The van der Waals surface area contributed by atoms with Gasteiger partial charge in [-0.3, -0.25) is 9.89 Å².